The van der Waals surface area contributed by atoms with Gasteiger partial charge in [-0.25, -0.2) is 4.98 Å². The predicted octanol–water partition coefficient (Wildman–Crippen LogP) is 4.46. The summed E-state index contributed by atoms with van der Waals surface area (Å²) in [6.45, 7) is 0. The zero-order valence-electron chi connectivity index (χ0n) is 18.7. The van der Waals surface area contributed by atoms with Crippen molar-refractivity contribution in [2.75, 3.05) is 9.03 Å². The molecule has 1 aromatic carbocycles. The van der Waals surface area contributed by atoms with Gasteiger partial charge >= 0.3 is 0 Å². The molecule has 0 atom stereocenters. The van der Waals surface area contributed by atoms with Gasteiger partial charge in [0.15, 0.2) is 5.13 Å². The fourth-order valence-corrected chi connectivity index (χ4v) is 11.0. The molecule has 1 amide bonds. The molecule has 36 heavy (non-hydrogen) atoms. The number of thiazole rings is 1. The Bertz CT molecular complexity index is 1520. The van der Waals surface area contributed by atoms with Crippen LogP contribution in [0, 0.1) is 5.92 Å². The van der Waals surface area contributed by atoms with Crippen molar-refractivity contribution in [2.24, 2.45) is 11.7 Å². The zero-order valence-corrected chi connectivity index (χ0v) is 22.8. The van der Waals surface area contributed by atoms with Crippen molar-refractivity contribution >= 4 is 81.0 Å². The summed E-state index contributed by atoms with van der Waals surface area (Å²) in [7, 11) is -8.84. The van der Waals surface area contributed by atoms with Gasteiger partial charge in [0.25, 0.3) is 20.0 Å². The molecule has 1 saturated carbocycles. The van der Waals surface area contributed by atoms with Gasteiger partial charge < -0.3 is 11.1 Å². The Balaban J connectivity index is 1.51. The molecule has 190 valence electrons. The Labute approximate surface area is 220 Å². The zero-order chi connectivity index (χ0) is 25.5. The fraction of sp³-hybridized carbons (Fsp3) is 0.273. The predicted molar refractivity (Wildman–Crippen MR) is 144 cm³/mol. The summed E-state index contributed by atoms with van der Waals surface area (Å²) in [5.74, 6) is -0.252. The van der Waals surface area contributed by atoms with E-state index in [2.05, 4.69) is 10.3 Å². The van der Waals surface area contributed by atoms with E-state index in [1.54, 1.807) is 29.0 Å². The van der Waals surface area contributed by atoms with Crippen molar-refractivity contribution in [1.82, 2.24) is 4.98 Å². The van der Waals surface area contributed by atoms with Crippen LogP contribution in [0.5, 0.6) is 0 Å². The van der Waals surface area contributed by atoms with Crippen LogP contribution < -0.4 is 14.8 Å². The van der Waals surface area contributed by atoms with Crippen LogP contribution in [0.25, 0.3) is 10.2 Å². The van der Waals surface area contributed by atoms with E-state index in [0.29, 0.717) is 19.1 Å². The van der Waals surface area contributed by atoms with Crippen molar-refractivity contribution in [3.05, 3.63) is 53.2 Å². The monoisotopic (exact) mass is 582 g/mol. The Morgan fingerprint density at radius 1 is 0.944 bits per heavy atom. The number of amides is 1. The number of nitrogens with two attached hydrogens (primary N) is 1. The number of aromatic nitrogens is 1. The number of benzene rings is 1. The number of thiophene rings is 2. The van der Waals surface area contributed by atoms with E-state index in [9.17, 15) is 21.6 Å². The minimum atomic E-state index is -4.42. The standard InChI is InChI=1S/C22H22N4O5S5/c23-15-7-5-14(6-8-15)21(27)25-22-24-17-10-9-16(13-18(17)34-22)26(35(28,29)19-3-1-11-32-19)36(30,31)20-4-2-12-33-20/h1-4,9-15H,5-8,23H2,(H,24,25,27)/t14-,15-. The van der Waals surface area contributed by atoms with Crippen molar-refractivity contribution in [3.63, 3.8) is 0 Å². The van der Waals surface area contributed by atoms with Gasteiger partial charge in [0.2, 0.25) is 5.91 Å². The molecule has 3 heterocycles. The van der Waals surface area contributed by atoms with Crippen molar-refractivity contribution in [3.8, 4) is 0 Å². The fourth-order valence-electron chi connectivity index (χ4n) is 4.06. The van der Waals surface area contributed by atoms with E-state index in [4.69, 9.17) is 5.73 Å². The van der Waals surface area contributed by atoms with Crippen molar-refractivity contribution in [1.29, 1.82) is 0 Å². The van der Waals surface area contributed by atoms with E-state index in [1.165, 1.54) is 24.3 Å². The molecule has 5 rings (SSSR count). The van der Waals surface area contributed by atoms with Crippen LogP contribution in [0.4, 0.5) is 10.8 Å². The van der Waals surface area contributed by atoms with Crippen LogP contribution in [-0.2, 0) is 24.8 Å². The third-order valence-corrected chi connectivity index (χ3v) is 13.8. The molecule has 0 unspecified atom stereocenters. The largest absolute Gasteiger partial charge is 0.328 e. The summed E-state index contributed by atoms with van der Waals surface area (Å²) in [5.41, 5.74) is 6.42. The number of hydrogen-bond acceptors (Lipinski definition) is 10. The lowest BCUT2D eigenvalue weighted by molar-refractivity contribution is -0.120. The maximum atomic E-state index is 13.5. The lowest BCUT2D eigenvalue weighted by atomic mass is 9.86. The molecule has 0 bridgehead atoms. The van der Waals surface area contributed by atoms with Gasteiger partial charge in [0, 0.05) is 12.0 Å². The molecule has 0 spiro atoms. The smallest absolute Gasteiger partial charge is 0.287 e. The highest BCUT2D eigenvalue weighted by atomic mass is 32.3. The lowest BCUT2D eigenvalue weighted by Gasteiger charge is -2.24. The highest BCUT2D eigenvalue weighted by molar-refractivity contribution is 8.11. The molecule has 9 nitrogen and oxygen atoms in total. The second-order valence-corrected chi connectivity index (χ2v) is 15.5. The molecule has 3 N–H and O–H groups in total. The summed E-state index contributed by atoms with van der Waals surface area (Å²) in [4.78, 5) is 17.1. The molecule has 1 fully saturated rings. The van der Waals surface area contributed by atoms with Gasteiger partial charge in [-0.2, -0.15) is 20.5 Å². The van der Waals surface area contributed by atoms with Crippen LogP contribution in [0.15, 0.2) is 61.6 Å². The molecule has 1 aliphatic rings. The summed E-state index contributed by atoms with van der Waals surface area (Å²) >= 11 is 3.04. The third kappa shape index (κ3) is 4.80. The van der Waals surface area contributed by atoms with Gasteiger partial charge in [-0.1, -0.05) is 23.5 Å². The topological polar surface area (TPSA) is 140 Å². The normalized spacial score (nSPS) is 18.8. The van der Waals surface area contributed by atoms with Gasteiger partial charge in [0.05, 0.1) is 15.9 Å². The average Bonchev–Trinajstić information content (AvgIpc) is 3.60. The quantitative estimate of drug-likeness (QED) is 0.328. The minimum absolute atomic E-state index is 0.0351. The summed E-state index contributed by atoms with van der Waals surface area (Å²) in [5, 5.41) is 6.37. The molecule has 14 heteroatoms. The van der Waals surface area contributed by atoms with Crippen molar-refractivity contribution in [2.45, 2.75) is 40.1 Å². The molecule has 3 aromatic heterocycles. The van der Waals surface area contributed by atoms with Crippen LogP contribution in [-0.4, -0.2) is 33.8 Å². The average molecular weight is 583 g/mol. The molecular formula is C22H22N4O5S5. The maximum Gasteiger partial charge on any atom is 0.287 e. The Morgan fingerprint density at radius 2 is 1.56 bits per heavy atom. The highest BCUT2D eigenvalue weighted by Crippen LogP contribution is 2.37. The third-order valence-electron chi connectivity index (χ3n) is 5.89. The van der Waals surface area contributed by atoms with E-state index in [-0.39, 0.29) is 32.0 Å². The summed E-state index contributed by atoms with van der Waals surface area (Å²) in [6.07, 6.45) is 3.04. The number of carbonyl (C=O) groups is 1. The lowest BCUT2D eigenvalue weighted by Crippen LogP contribution is -2.36. The highest BCUT2D eigenvalue weighted by Gasteiger charge is 2.38. The SMILES string of the molecule is N[C@H]1CC[C@H](C(=O)Nc2nc3ccc(N(S(=O)(=O)c4cccs4)S(=O)(=O)c4cccs4)cc3s2)CC1. The number of carbonyl (C=O) groups excluding carboxylic acids is 1. The summed E-state index contributed by atoms with van der Waals surface area (Å²) in [6, 6.07) is 10.4. The van der Waals surface area contributed by atoms with Crippen molar-refractivity contribution < 1.29 is 21.6 Å². The number of nitrogens with one attached hydrogen (secondary N) is 1. The Morgan fingerprint density at radius 3 is 2.11 bits per heavy atom. The van der Waals surface area contributed by atoms with Gasteiger partial charge in [-0.15, -0.1) is 22.7 Å². The van der Waals surface area contributed by atoms with Crippen LogP contribution in [0.2, 0.25) is 0 Å². The minimum Gasteiger partial charge on any atom is -0.328 e. The van der Waals surface area contributed by atoms with Crippen LogP contribution in [0.3, 0.4) is 0 Å². The van der Waals surface area contributed by atoms with E-state index in [1.807, 2.05) is 0 Å². The number of nitrogens with zero attached hydrogens (tertiary/aromatic N) is 2. The summed E-state index contributed by atoms with van der Waals surface area (Å²) < 4.78 is 54.9. The first-order valence-electron chi connectivity index (χ1n) is 11.0. The van der Waals surface area contributed by atoms with Gasteiger partial charge in [-0.05, 0) is 66.8 Å². The molecule has 0 aliphatic heterocycles. The number of anilines is 2. The number of hydrogen-bond donors (Lipinski definition) is 2. The molecule has 0 radical (unpaired) electrons. The second-order valence-electron chi connectivity index (χ2n) is 8.34. The Hall–Kier alpha value is -2.36. The van der Waals surface area contributed by atoms with E-state index in [0.717, 1.165) is 59.7 Å². The number of rotatable bonds is 7. The van der Waals surface area contributed by atoms with Crippen LogP contribution >= 0.6 is 34.0 Å². The first-order chi connectivity index (χ1) is 17.2. The molecule has 4 aromatic rings. The molecular weight excluding hydrogens is 561 g/mol. The second kappa shape index (κ2) is 9.84. The first kappa shape index (κ1) is 25.3. The first-order valence-corrected chi connectivity index (χ1v) is 16.5. The molecule has 1 aliphatic carbocycles. The number of sulfonamides is 2. The van der Waals surface area contributed by atoms with E-state index < -0.39 is 20.0 Å². The van der Waals surface area contributed by atoms with Gasteiger partial charge in [0.1, 0.15) is 8.42 Å². The van der Waals surface area contributed by atoms with Gasteiger partial charge in [-0.3, -0.25) is 4.79 Å². The maximum absolute atomic E-state index is 13.5. The Kier molecular flexibility index (Phi) is 6.91. The molecule has 0 saturated heterocycles. The van der Waals surface area contributed by atoms with Crippen LogP contribution in [0.1, 0.15) is 25.7 Å². The van der Waals surface area contributed by atoms with E-state index >= 15 is 0 Å². The number of fused-ring (bicyclic) bond motifs is 1.